The highest BCUT2D eigenvalue weighted by Gasteiger charge is 2.22. The van der Waals surface area contributed by atoms with Gasteiger partial charge in [0.05, 0.1) is 12.8 Å². The van der Waals surface area contributed by atoms with Crippen LogP contribution >= 0.6 is 11.6 Å². The molecule has 0 radical (unpaired) electrons. The first-order chi connectivity index (χ1) is 15.7. The lowest BCUT2D eigenvalue weighted by atomic mass is 10.0. The molecular weight excluding hydrogens is 442 g/mol. The van der Waals surface area contributed by atoms with E-state index < -0.39 is 11.9 Å². The Labute approximate surface area is 199 Å². The van der Waals surface area contributed by atoms with Crippen LogP contribution in [0, 0.1) is 5.92 Å². The van der Waals surface area contributed by atoms with Crippen LogP contribution in [0.3, 0.4) is 0 Å². The number of nitrogens with one attached hydrogen (secondary N) is 2. The second kappa shape index (κ2) is 12.6. The standard InChI is InChI=1S/C25H30ClN3O4/c1-5-7-19-13-17(14-22(23(19)30)33-6-2)15-27-29-25(32)21(12-16(3)4)28-24(31)18-8-10-20(26)11-9-18/h5,8-11,13-16,21,30H,1,6-7,12H2,2-4H3,(H,28,31)(H,29,32)/b27-15+. The zero-order valence-electron chi connectivity index (χ0n) is 19.1. The van der Waals surface area contributed by atoms with E-state index >= 15 is 0 Å². The van der Waals surface area contributed by atoms with E-state index in [0.717, 1.165) is 0 Å². The molecular formula is C25H30ClN3O4. The number of carbonyl (C=O) groups excluding carboxylic acids is 2. The van der Waals surface area contributed by atoms with Crippen LogP contribution in [-0.4, -0.2) is 35.8 Å². The van der Waals surface area contributed by atoms with E-state index in [-0.39, 0.29) is 17.6 Å². The summed E-state index contributed by atoms with van der Waals surface area (Å²) in [5.41, 5.74) is 4.17. The number of hydrogen-bond acceptors (Lipinski definition) is 5. The fourth-order valence-electron chi connectivity index (χ4n) is 3.13. The number of carbonyl (C=O) groups is 2. The molecule has 2 rings (SSSR count). The number of halogens is 1. The normalized spacial score (nSPS) is 11.9. The van der Waals surface area contributed by atoms with Crippen LogP contribution in [0.4, 0.5) is 0 Å². The number of hydrazone groups is 1. The molecule has 0 heterocycles. The number of ether oxygens (including phenoxy) is 1. The number of aromatic hydroxyl groups is 1. The van der Waals surface area contributed by atoms with Crippen molar-refractivity contribution >= 4 is 29.6 Å². The fraction of sp³-hybridized carbons (Fsp3) is 0.320. The van der Waals surface area contributed by atoms with Crippen molar-refractivity contribution in [3.8, 4) is 11.5 Å². The summed E-state index contributed by atoms with van der Waals surface area (Å²) in [6, 6.07) is 9.04. The number of rotatable bonds is 11. The zero-order chi connectivity index (χ0) is 24.4. The van der Waals surface area contributed by atoms with E-state index in [1.54, 1.807) is 42.5 Å². The van der Waals surface area contributed by atoms with Crippen molar-refractivity contribution in [3.05, 3.63) is 70.8 Å². The zero-order valence-corrected chi connectivity index (χ0v) is 19.9. The minimum Gasteiger partial charge on any atom is -0.504 e. The van der Waals surface area contributed by atoms with Crippen LogP contribution in [0.25, 0.3) is 0 Å². The molecule has 7 nitrogen and oxygen atoms in total. The van der Waals surface area contributed by atoms with Crippen molar-refractivity contribution in [2.24, 2.45) is 11.0 Å². The van der Waals surface area contributed by atoms with Crippen molar-refractivity contribution in [1.82, 2.24) is 10.7 Å². The molecule has 1 unspecified atom stereocenters. The van der Waals surface area contributed by atoms with Gasteiger partial charge in [-0.25, -0.2) is 5.43 Å². The number of nitrogens with zero attached hydrogens (tertiary/aromatic N) is 1. The molecule has 0 saturated heterocycles. The van der Waals surface area contributed by atoms with Crippen molar-refractivity contribution in [3.63, 3.8) is 0 Å². The molecule has 2 amide bonds. The maximum Gasteiger partial charge on any atom is 0.262 e. The molecule has 2 aromatic carbocycles. The Morgan fingerprint density at radius 2 is 1.94 bits per heavy atom. The minimum absolute atomic E-state index is 0.0554. The van der Waals surface area contributed by atoms with Gasteiger partial charge in [0.25, 0.3) is 11.8 Å². The van der Waals surface area contributed by atoms with E-state index in [0.29, 0.717) is 46.9 Å². The van der Waals surface area contributed by atoms with Gasteiger partial charge in [0.2, 0.25) is 0 Å². The van der Waals surface area contributed by atoms with Crippen molar-refractivity contribution in [1.29, 1.82) is 0 Å². The first-order valence-corrected chi connectivity index (χ1v) is 11.1. The van der Waals surface area contributed by atoms with Gasteiger partial charge in [-0.1, -0.05) is 31.5 Å². The molecule has 0 aliphatic heterocycles. The topological polar surface area (TPSA) is 100 Å². The summed E-state index contributed by atoms with van der Waals surface area (Å²) in [6.45, 7) is 9.83. The lowest BCUT2D eigenvalue weighted by Crippen LogP contribution is -2.46. The Kier molecular flexibility index (Phi) is 9.94. The van der Waals surface area contributed by atoms with Gasteiger partial charge >= 0.3 is 0 Å². The van der Waals surface area contributed by atoms with Gasteiger partial charge in [0.15, 0.2) is 11.5 Å². The molecule has 2 aromatic rings. The van der Waals surface area contributed by atoms with Crippen LogP contribution in [0.5, 0.6) is 11.5 Å². The van der Waals surface area contributed by atoms with Crippen molar-refractivity contribution in [2.45, 2.75) is 39.7 Å². The second-order valence-electron chi connectivity index (χ2n) is 7.85. The van der Waals surface area contributed by atoms with Gasteiger partial charge in [-0.15, -0.1) is 6.58 Å². The molecule has 8 heteroatoms. The van der Waals surface area contributed by atoms with Crippen molar-refractivity contribution in [2.75, 3.05) is 6.61 Å². The second-order valence-corrected chi connectivity index (χ2v) is 8.29. The van der Waals surface area contributed by atoms with Gasteiger partial charge in [0.1, 0.15) is 6.04 Å². The van der Waals surface area contributed by atoms with E-state index in [9.17, 15) is 14.7 Å². The molecule has 3 N–H and O–H groups in total. The van der Waals surface area contributed by atoms with Crippen LogP contribution < -0.4 is 15.5 Å². The van der Waals surface area contributed by atoms with E-state index in [1.165, 1.54) is 6.21 Å². The first-order valence-electron chi connectivity index (χ1n) is 10.7. The Morgan fingerprint density at radius 3 is 2.55 bits per heavy atom. The van der Waals surface area contributed by atoms with Crippen LogP contribution in [0.1, 0.15) is 48.7 Å². The molecule has 33 heavy (non-hydrogen) atoms. The SMILES string of the molecule is C=CCc1cc(/C=N/NC(=O)C(CC(C)C)NC(=O)c2ccc(Cl)cc2)cc(OCC)c1O. The van der Waals surface area contributed by atoms with E-state index in [4.69, 9.17) is 16.3 Å². The summed E-state index contributed by atoms with van der Waals surface area (Å²) in [5, 5.41) is 17.6. The molecule has 0 fully saturated rings. The Balaban J connectivity index is 2.13. The lowest BCUT2D eigenvalue weighted by molar-refractivity contribution is -0.123. The average molecular weight is 472 g/mol. The lowest BCUT2D eigenvalue weighted by Gasteiger charge is -2.19. The molecule has 1 atom stereocenters. The van der Waals surface area contributed by atoms with Gasteiger partial charge < -0.3 is 15.2 Å². The van der Waals surface area contributed by atoms with E-state index in [1.807, 2.05) is 20.8 Å². The Bertz CT molecular complexity index is 1000. The van der Waals surface area contributed by atoms with Gasteiger partial charge in [-0.05, 0) is 67.6 Å². The number of hydrogen-bond donors (Lipinski definition) is 3. The number of phenolic OH excluding ortho intramolecular Hbond substituents is 1. The molecule has 0 aliphatic carbocycles. The smallest absolute Gasteiger partial charge is 0.262 e. The summed E-state index contributed by atoms with van der Waals surface area (Å²) in [7, 11) is 0. The third-order valence-corrected chi connectivity index (χ3v) is 4.92. The summed E-state index contributed by atoms with van der Waals surface area (Å²) in [4.78, 5) is 25.3. The van der Waals surface area contributed by atoms with Gasteiger partial charge in [-0.3, -0.25) is 9.59 Å². The van der Waals surface area contributed by atoms with Crippen LogP contribution in [-0.2, 0) is 11.2 Å². The predicted octanol–water partition coefficient (Wildman–Crippen LogP) is 4.47. The Hall–Kier alpha value is -3.32. The highest BCUT2D eigenvalue weighted by molar-refractivity contribution is 6.30. The maximum absolute atomic E-state index is 12.7. The van der Waals surface area contributed by atoms with Gasteiger partial charge in [0, 0.05) is 16.1 Å². The van der Waals surface area contributed by atoms with Crippen molar-refractivity contribution < 1.29 is 19.4 Å². The largest absolute Gasteiger partial charge is 0.504 e. The highest BCUT2D eigenvalue weighted by Crippen LogP contribution is 2.31. The molecule has 0 saturated carbocycles. The highest BCUT2D eigenvalue weighted by atomic mass is 35.5. The van der Waals surface area contributed by atoms with Crippen LogP contribution in [0.15, 0.2) is 54.2 Å². The number of amides is 2. The third-order valence-electron chi connectivity index (χ3n) is 4.66. The molecule has 176 valence electrons. The quantitative estimate of drug-likeness (QED) is 0.256. The van der Waals surface area contributed by atoms with Crippen LogP contribution in [0.2, 0.25) is 5.02 Å². The molecule has 0 spiro atoms. The first kappa shape index (κ1) is 25.9. The Morgan fingerprint density at radius 1 is 1.24 bits per heavy atom. The van der Waals surface area contributed by atoms with Gasteiger partial charge in [-0.2, -0.15) is 5.10 Å². The number of phenols is 1. The number of benzene rings is 2. The monoisotopic (exact) mass is 471 g/mol. The average Bonchev–Trinajstić information content (AvgIpc) is 2.76. The summed E-state index contributed by atoms with van der Waals surface area (Å²) in [6.07, 6.45) is 4.03. The molecule has 0 aliphatic rings. The fourth-order valence-corrected chi connectivity index (χ4v) is 3.26. The number of allylic oxidation sites excluding steroid dienone is 1. The van der Waals surface area contributed by atoms with E-state index in [2.05, 4.69) is 22.4 Å². The summed E-state index contributed by atoms with van der Waals surface area (Å²) in [5.74, 6) is -0.247. The maximum atomic E-state index is 12.7. The molecule has 0 bridgehead atoms. The predicted molar refractivity (Wildman–Crippen MR) is 131 cm³/mol. The summed E-state index contributed by atoms with van der Waals surface area (Å²) >= 11 is 5.87. The third kappa shape index (κ3) is 7.95. The minimum atomic E-state index is -0.763. The summed E-state index contributed by atoms with van der Waals surface area (Å²) < 4.78 is 5.48. The molecule has 0 aromatic heterocycles.